The molecule has 0 saturated heterocycles. The largest absolute Gasteiger partial charge is 0.396 e. The van der Waals surface area contributed by atoms with Crippen LogP contribution in [-0.2, 0) is 0 Å². The molecule has 0 unspecified atom stereocenters. The van der Waals surface area contributed by atoms with E-state index >= 15 is 0 Å². The van der Waals surface area contributed by atoms with Crippen molar-refractivity contribution in [2.45, 2.75) is 64.2 Å². The molecule has 1 heteroatoms. The van der Waals surface area contributed by atoms with Crippen molar-refractivity contribution in [3.63, 3.8) is 0 Å². The van der Waals surface area contributed by atoms with Crippen LogP contribution in [0.5, 0.6) is 0 Å². The lowest BCUT2D eigenvalue weighted by atomic mass is 9.69. The van der Waals surface area contributed by atoms with E-state index < -0.39 is 0 Å². The first-order valence-corrected chi connectivity index (χ1v) is 8.07. The van der Waals surface area contributed by atoms with Crippen LogP contribution in [-0.4, -0.2) is 11.7 Å². The summed E-state index contributed by atoms with van der Waals surface area (Å²) in [5.74, 6) is 3.75. The normalized spacial score (nSPS) is 37.4. The van der Waals surface area contributed by atoms with E-state index in [1.54, 1.807) is 0 Å². The van der Waals surface area contributed by atoms with Gasteiger partial charge in [0, 0.05) is 6.61 Å². The van der Waals surface area contributed by atoms with Gasteiger partial charge in [0.05, 0.1) is 0 Å². The molecule has 0 aliphatic heterocycles. The first kappa shape index (κ1) is 14.1. The van der Waals surface area contributed by atoms with Crippen molar-refractivity contribution in [2.75, 3.05) is 6.61 Å². The van der Waals surface area contributed by atoms with Gasteiger partial charge in [0.25, 0.3) is 0 Å². The van der Waals surface area contributed by atoms with E-state index in [9.17, 15) is 0 Å². The van der Waals surface area contributed by atoms with E-state index in [-0.39, 0.29) is 0 Å². The van der Waals surface area contributed by atoms with E-state index in [0.29, 0.717) is 6.61 Å². The fraction of sp³-hybridized carbons (Fsp3) is 0.882. The molecule has 0 aromatic heterocycles. The molecular weight excluding hydrogens is 220 g/mol. The molecule has 1 N–H and O–H groups in total. The van der Waals surface area contributed by atoms with Crippen molar-refractivity contribution >= 4 is 0 Å². The number of hydrogen-bond donors (Lipinski definition) is 1. The van der Waals surface area contributed by atoms with E-state index in [4.69, 9.17) is 5.11 Å². The van der Waals surface area contributed by atoms with Crippen LogP contribution >= 0.6 is 0 Å². The molecule has 18 heavy (non-hydrogen) atoms. The first-order chi connectivity index (χ1) is 8.83. The Hall–Kier alpha value is -0.300. The van der Waals surface area contributed by atoms with Gasteiger partial charge in [-0.25, -0.2) is 0 Å². The smallest absolute Gasteiger partial charge is 0.0431 e. The lowest BCUT2D eigenvalue weighted by molar-refractivity contribution is 0.148. The average Bonchev–Trinajstić information content (AvgIpc) is 2.46. The van der Waals surface area contributed by atoms with Crippen LogP contribution in [0.4, 0.5) is 0 Å². The Balaban J connectivity index is 1.68. The lowest BCUT2D eigenvalue weighted by Crippen LogP contribution is -2.25. The van der Waals surface area contributed by atoms with Gasteiger partial charge in [-0.15, -0.1) is 6.58 Å². The molecular formula is C17H30O. The summed E-state index contributed by atoms with van der Waals surface area (Å²) in [4.78, 5) is 0. The quantitative estimate of drug-likeness (QED) is 0.709. The standard InChI is InChI=1S/C17H30O/c1-2-14-5-9-16(10-6-14)17-11-7-15(8-12-17)4-3-13-18/h2,14-18H,1,3-13H2. The van der Waals surface area contributed by atoms with Gasteiger partial charge in [-0.1, -0.05) is 18.9 Å². The van der Waals surface area contributed by atoms with Gasteiger partial charge < -0.3 is 5.11 Å². The van der Waals surface area contributed by atoms with E-state index in [2.05, 4.69) is 12.7 Å². The predicted octanol–water partition coefficient (Wildman–Crippen LogP) is 4.56. The molecule has 2 rings (SSSR count). The molecule has 0 radical (unpaired) electrons. The molecule has 0 heterocycles. The Labute approximate surface area is 113 Å². The Kier molecular flexibility index (Phi) is 5.75. The summed E-state index contributed by atoms with van der Waals surface area (Å²) in [6, 6.07) is 0. The van der Waals surface area contributed by atoms with Gasteiger partial charge in [0.1, 0.15) is 0 Å². The molecule has 0 bridgehead atoms. The molecule has 2 aliphatic carbocycles. The Bertz CT molecular complexity index is 232. The third-order valence-corrected chi connectivity index (χ3v) is 5.48. The SMILES string of the molecule is C=CC1CCC(C2CCC(CCCO)CC2)CC1. The fourth-order valence-electron chi connectivity index (χ4n) is 4.18. The van der Waals surface area contributed by atoms with Crippen molar-refractivity contribution in [3.8, 4) is 0 Å². The highest BCUT2D eigenvalue weighted by molar-refractivity contribution is 4.87. The zero-order valence-corrected chi connectivity index (χ0v) is 11.8. The Morgan fingerprint density at radius 1 is 0.889 bits per heavy atom. The summed E-state index contributed by atoms with van der Waals surface area (Å²) < 4.78 is 0. The molecule has 0 amide bonds. The van der Waals surface area contributed by atoms with Gasteiger partial charge in [-0.2, -0.15) is 0 Å². The van der Waals surface area contributed by atoms with Crippen LogP contribution in [0.2, 0.25) is 0 Å². The molecule has 0 atom stereocenters. The predicted molar refractivity (Wildman–Crippen MR) is 77.4 cm³/mol. The minimum atomic E-state index is 0.380. The van der Waals surface area contributed by atoms with Crippen molar-refractivity contribution in [2.24, 2.45) is 23.7 Å². The monoisotopic (exact) mass is 250 g/mol. The van der Waals surface area contributed by atoms with Gasteiger partial charge in [0.2, 0.25) is 0 Å². The maximum absolute atomic E-state index is 8.89. The van der Waals surface area contributed by atoms with Crippen LogP contribution in [0.25, 0.3) is 0 Å². The summed E-state index contributed by atoms with van der Waals surface area (Å²) in [6.07, 6.45) is 15.9. The fourth-order valence-corrected chi connectivity index (χ4v) is 4.18. The van der Waals surface area contributed by atoms with Crippen LogP contribution in [0.15, 0.2) is 12.7 Å². The molecule has 1 nitrogen and oxygen atoms in total. The van der Waals surface area contributed by atoms with Gasteiger partial charge in [-0.05, 0) is 75.0 Å². The van der Waals surface area contributed by atoms with E-state index in [0.717, 1.165) is 30.1 Å². The highest BCUT2D eigenvalue weighted by Gasteiger charge is 2.29. The maximum Gasteiger partial charge on any atom is 0.0431 e. The zero-order chi connectivity index (χ0) is 12.8. The average molecular weight is 250 g/mol. The second-order valence-corrected chi connectivity index (χ2v) is 6.56. The lowest BCUT2D eigenvalue weighted by Gasteiger charge is -2.37. The molecule has 104 valence electrons. The summed E-state index contributed by atoms with van der Waals surface area (Å²) in [5, 5.41) is 8.89. The molecule has 2 fully saturated rings. The molecule has 0 aromatic carbocycles. The van der Waals surface area contributed by atoms with E-state index in [1.807, 2.05) is 0 Å². The van der Waals surface area contributed by atoms with Crippen LogP contribution in [0.3, 0.4) is 0 Å². The topological polar surface area (TPSA) is 20.2 Å². The number of rotatable bonds is 5. The molecule has 2 aliphatic rings. The third-order valence-electron chi connectivity index (χ3n) is 5.48. The Morgan fingerprint density at radius 3 is 1.94 bits per heavy atom. The summed E-state index contributed by atoms with van der Waals surface area (Å²) in [5.41, 5.74) is 0. The van der Waals surface area contributed by atoms with Crippen LogP contribution in [0.1, 0.15) is 64.2 Å². The second kappa shape index (κ2) is 7.33. The van der Waals surface area contributed by atoms with Crippen LogP contribution in [0, 0.1) is 23.7 Å². The molecule has 2 saturated carbocycles. The number of hydrogen-bond acceptors (Lipinski definition) is 1. The van der Waals surface area contributed by atoms with Crippen molar-refractivity contribution in [1.82, 2.24) is 0 Å². The molecule has 0 aromatic rings. The summed E-state index contributed by atoms with van der Waals surface area (Å²) in [7, 11) is 0. The summed E-state index contributed by atoms with van der Waals surface area (Å²) >= 11 is 0. The third kappa shape index (κ3) is 3.85. The highest BCUT2D eigenvalue weighted by Crippen LogP contribution is 2.42. The van der Waals surface area contributed by atoms with Gasteiger partial charge in [-0.3, -0.25) is 0 Å². The van der Waals surface area contributed by atoms with Crippen LogP contribution < -0.4 is 0 Å². The van der Waals surface area contributed by atoms with Gasteiger partial charge in [0.15, 0.2) is 0 Å². The second-order valence-electron chi connectivity index (χ2n) is 6.56. The minimum absolute atomic E-state index is 0.380. The van der Waals surface area contributed by atoms with Crippen molar-refractivity contribution < 1.29 is 5.11 Å². The number of aliphatic hydroxyl groups excluding tert-OH is 1. The van der Waals surface area contributed by atoms with E-state index in [1.165, 1.54) is 57.8 Å². The number of allylic oxidation sites excluding steroid dienone is 1. The zero-order valence-electron chi connectivity index (χ0n) is 11.8. The Morgan fingerprint density at radius 2 is 1.44 bits per heavy atom. The van der Waals surface area contributed by atoms with Crippen molar-refractivity contribution in [3.05, 3.63) is 12.7 Å². The first-order valence-electron chi connectivity index (χ1n) is 8.07. The minimum Gasteiger partial charge on any atom is -0.396 e. The van der Waals surface area contributed by atoms with Gasteiger partial charge >= 0.3 is 0 Å². The van der Waals surface area contributed by atoms with Crippen molar-refractivity contribution in [1.29, 1.82) is 0 Å². The highest BCUT2D eigenvalue weighted by atomic mass is 16.2. The molecule has 0 spiro atoms. The number of aliphatic hydroxyl groups is 1. The maximum atomic E-state index is 8.89. The summed E-state index contributed by atoms with van der Waals surface area (Å²) in [6.45, 7) is 4.32.